The highest BCUT2D eigenvalue weighted by Crippen LogP contribution is 2.29. The molecule has 1 fully saturated rings. The zero-order valence-electron chi connectivity index (χ0n) is 10.9. The average molecular weight is 261 g/mol. The van der Waals surface area contributed by atoms with Gasteiger partial charge in [-0.3, -0.25) is 0 Å². The van der Waals surface area contributed by atoms with Gasteiger partial charge in [0.1, 0.15) is 0 Å². The van der Waals surface area contributed by atoms with Crippen LogP contribution in [0.4, 0.5) is 5.69 Å². The molecule has 2 aromatic rings. The third-order valence-corrected chi connectivity index (χ3v) is 4.72. The third kappa shape index (κ3) is 1.99. The van der Waals surface area contributed by atoms with E-state index in [0.29, 0.717) is 6.04 Å². The molecule has 2 heterocycles. The largest absolute Gasteiger partial charge is 0.367 e. The second-order valence-corrected chi connectivity index (χ2v) is 5.67. The minimum absolute atomic E-state index is 0.599. The summed E-state index contributed by atoms with van der Waals surface area (Å²) in [4.78, 5) is 5.86. The van der Waals surface area contributed by atoms with Gasteiger partial charge in [-0.15, -0.1) is 0 Å². The van der Waals surface area contributed by atoms with Gasteiger partial charge in [0, 0.05) is 42.8 Å². The number of aromatic nitrogens is 1. The van der Waals surface area contributed by atoms with E-state index < -0.39 is 0 Å². The van der Waals surface area contributed by atoms with Gasteiger partial charge in [-0.2, -0.15) is 0 Å². The number of para-hydroxylation sites is 1. The van der Waals surface area contributed by atoms with Crippen LogP contribution in [0.1, 0.15) is 6.92 Å². The minimum atomic E-state index is 0.599. The van der Waals surface area contributed by atoms with Crippen LogP contribution in [0.15, 0.2) is 30.5 Å². The molecule has 0 bridgehead atoms. The number of aromatic amines is 1. The van der Waals surface area contributed by atoms with Gasteiger partial charge in [0.15, 0.2) is 0 Å². The first kappa shape index (κ1) is 11.9. The molecule has 1 aliphatic rings. The smallest absolute Gasteiger partial charge is 0.0624 e. The minimum Gasteiger partial charge on any atom is -0.367 e. The van der Waals surface area contributed by atoms with Crippen molar-refractivity contribution >= 4 is 28.5 Å². The Kier molecular flexibility index (Phi) is 3.22. The fourth-order valence-corrected chi connectivity index (χ4v) is 3.44. The van der Waals surface area contributed by atoms with Crippen LogP contribution < -0.4 is 4.90 Å². The standard InChI is InChI=1S/C14H19N3S/c1-11-10-16(7-8-17(11)18-2)14-9-15-13-6-4-3-5-12(13)14/h3-6,9,11,15H,7-8,10H2,1-2H3. The molecule has 4 heteroatoms. The topological polar surface area (TPSA) is 22.3 Å². The molecule has 0 aliphatic carbocycles. The van der Waals surface area contributed by atoms with E-state index in [1.54, 1.807) is 0 Å². The first-order chi connectivity index (χ1) is 8.79. The Hall–Kier alpha value is -1.13. The molecule has 1 unspecified atom stereocenters. The number of hydrogen-bond acceptors (Lipinski definition) is 3. The zero-order valence-corrected chi connectivity index (χ0v) is 11.7. The predicted octanol–water partition coefficient (Wildman–Crippen LogP) is 2.96. The Bertz CT molecular complexity index is 537. The van der Waals surface area contributed by atoms with Crippen LogP contribution in [0.2, 0.25) is 0 Å². The molecule has 0 saturated carbocycles. The number of hydrogen-bond donors (Lipinski definition) is 1. The summed E-state index contributed by atoms with van der Waals surface area (Å²) in [6.45, 7) is 5.63. The summed E-state index contributed by atoms with van der Waals surface area (Å²) in [6, 6.07) is 9.13. The van der Waals surface area contributed by atoms with Crippen molar-refractivity contribution in [1.82, 2.24) is 9.29 Å². The molecule has 1 saturated heterocycles. The summed E-state index contributed by atoms with van der Waals surface area (Å²) in [5.74, 6) is 0. The van der Waals surface area contributed by atoms with E-state index in [9.17, 15) is 0 Å². The number of nitrogens with one attached hydrogen (secondary N) is 1. The molecule has 1 aromatic carbocycles. The van der Waals surface area contributed by atoms with Crippen molar-refractivity contribution in [1.29, 1.82) is 0 Å². The van der Waals surface area contributed by atoms with Gasteiger partial charge in [0.2, 0.25) is 0 Å². The van der Waals surface area contributed by atoms with Crippen LogP contribution in [0.3, 0.4) is 0 Å². The van der Waals surface area contributed by atoms with Crippen molar-refractivity contribution in [3.05, 3.63) is 30.5 Å². The van der Waals surface area contributed by atoms with E-state index >= 15 is 0 Å². The van der Waals surface area contributed by atoms with E-state index in [-0.39, 0.29) is 0 Å². The van der Waals surface area contributed by atoms with Gasteiger partial charge in [-0.1, -0.05) is 30.1 Å². The van der Waals surface area contributed by atoms with Crippen molar-refractivity contribution in [2.24, 2.45) is 0 Å². The third-order valence-electron chi connectivity index (χ3n) is 3.71. The molecule has 0 spiro atoms. The van der Waals surface area contributed by atoms with Crippen molar-refractivity contribution in [2.45, 2.75) is 13.0 Å². The maximum absolute atomic E-state index is 3.37. The molecule has 0 radical (unpaired) electrons. The van der Waals surface area contributed by atoms with Crippen LogP contribution in [0.25, 0.3) is 10.9 Å². The molecule has 1 atom stereocenters. The van der Waals surface area contributed by atoms with Crippen LogP contribution >= 0.6 is 11.9 Å². The summed E-state index contributed by atoms with van der Waals surface area (Å²) in [7, 11) is 0. The predicted molar refractivity (Wildman–Crippen MR) is 80.2 cm³/mol. The number of anilines is 1. The zero-order chi connectivity index (χ0) is 12.5. The van der Waals surface area contributed by atoms with E-state index in [0.717, 1.165) is 19.6 Å². The number of fused-ring (bicyclic) bond motifs is 1. The van der Waals surface area contributed by atoms with Crippen LogP contribution in [0, 0.1) is 0 Å². The monoisotopic (exact) mass is 261 g/mol. The molecule has 1 aromatic heterocycles. The molecule has 18 heavy (non-hydrogen) atoms. The second kappa shape index (κ2) is 4.86. The number of rotatable bonds is 2. The van der Waals surface area contributed by atoms with Crippen molar-refractivity contribution in [2.75, 3.05) is 30.8 Å². The summed E-state index contributed by atoms with van der Waals surface area (Å²) in [6.07, 6.45) is 4.31. The molecule has 96 valence electrons. The lowest BCUT2D eigenvalue weighted by Gasteiger charge is -2.39. The summed E-state index contributed by atoms with van der Waals surface area (Å²) in [5.41, 5.74) is 2.57. The SMILES string of the molecule is CSN1CCN(c2c[nH]c3ccccc23)CC1C. The number of benzene rings is 1. The van der Waals surface area contributed by atoms with Gasteiger partial charge in [0.05, 0.1) is 5.69 Å². The van der Waals surface area contributed by atoms with E-state index in [4.69, 9.17) is 0 Å². The molecule has 3 nitrogen and oxygen atoms in total. The highest BCUT2D eigenvalue weighted by Gasteiger charge is 2.24. The molecule has 1 aliphatic heterocycles. The van der Waals surface area contributed by atoms with Gasteiger partial charge in [0.25, 0.3) is 0 Å². The summed E-state index contributed by atoms with van der Waals surface area (Å²) in [5, 5.41) is 1.34. The normalized spacial score (nSPS) is 21.7. The Balaban J connectivity index is 1.87. The number of nitrogens with zero attached hydrogens (tertiary/aromatic N) is 2. The second-order valence-electron chi connectivity index (χ2n) is 4.84. The van der Waals surface area contributed by atoms with Gasteiger partial charge in [-0.25, -0.2) is 4.31 Å². The van der Waals surface area contributed by atoms with Crippen molar-refractivity contribution in [3.8, 4) is 0 Å². The molecular formula is C14H19N3S. The van der Waals surface area contributed by atoms with Gasteiger partial charge >= 0.3 is 0 Å². The molecule has 1 N–H and O–H groups in total. The van der Waals surface area contributed by atoms with Gasteiger partial charge in [-0.05, 0) is 19.2 Å². The average Bonchev–Trinajstić information content (AvgIpc) is 2.82. The first-order valence-electron chi connectivity index (χ1n) is 6.41. The lowest BCUT2D eigenvalue weighted by Crippen LogP contribution is -2.48. The first-order valence-corrected chi connectivity index (χ1v) is 7.59. The lowest BCUT2D eigenvalue weighted by molar-refractivity contribution is 0.338. The molecule has 0 amide bonds. The maximum Gasteiger partial charge on any atom is 0.0624 e. The molecule has 3 rings (SSSR count). The van der Waals surface area contributed by atoms with E-state index in [1.807, 2.05) is 11.9 Å². The fraction of sp³-hybridized carbons (Fsp3) is 0.429. The summed E-state index contributed by atoms with van der Waals surface area (Å²) < 4.78 is 2.46. The Morgan fingerprint density at radius 2 is 2.11 bits per heavy atom. The van der Waals surface area contributed by atoms with Crippen molar-refractivity contribution in [3.63, 3.8) is 0 Å². The Morgan fingerprint density at radius 1 is 1.28 bits per heavy atom. The lowest BCUT2D eigenvalue weighted by atomic mass is 10.2. The Labute approximate surface area is 112 Å². The number of H-pyrrole nitrogens is 1. The maximum atomic E-state index is 3.37. The number of piperazine rings is 1. The fourth-order valence-electron chi connectivity index (χ4n) is 2.75. The highest BCUT2D eigenvalue weighted by molar-refractivity contribution is 7.96. The van der Waals surface area contributed by atoms with Crippen LogP contribution in [-0.2, 0) is 0 Å². The quantitative estimate of drug-likeness (QED) is 0.840. The highest BCUT2D eigenvalue weighted by atomic mass is 32.2. The van der Waals surface area contributed by atoms with E-state index in [1.165, 1.54) is 16.6 Å². The van der Waals surface area contributed by atoms with Gasteiger partial charge < -0.3 is 9.88 Å². The van der Waals surface area contributed by atoms with Crippen LogP contribution in [-0.4, -0.2) is 41.2 Å². The molecular weight excluding hydrogens is 242 g/mol. The van der Waals surface area contributed by atoms with Crippen LogP contribution in [0.5, 0.6) is 0 Å². The van der Waals surface area contributed by atoms with Crippen molar-refractivity contribution < 1.29 is 0 Å². The van der Waals surface area contributed by atoms with E-state index in [2.05, 4.69) is 57.8 Å². The summed E-state index contributed by atoms with van der Waals surface area (Å²) >= 11 is 1.86. The Morgan fingerprint density at radius 3 is 2.89 bits per heavy atom.